The first-order chi connectivity index (χ1) is 12.5. The van der Waals surface area contributed by atoms with Crippen molar-refractivity contribution in [3.63, 3.8) is 0 Å². The van der Waals surface area contributed by atoms with Crippen LogP contribution in [-0.2, 0) is 14.3 Å². The summed E-state index contributed by atoms with van der Waals surface area (Å²) in [5.41, 5.74) is 0.606. The van der Waals surface area contributed by atoms with E-state index < -0.39 is 30.9 Å². The highest BCUT2D eigenvalue weighted by molar-refractivity contribution is 6.30. The van der Waals surface area contributed by atoms with E-state index in [1.165, 1.54) is 25.4 Å². The minimum atomic E-state index is -0.759. The Kier molecular flexibility index (Phi) is 6.92. The molecule has 1 heterocycles. The maximum absolute atomic E-state index is 11.8. The molecule has 9 heteroatoms. The Morgan fingerprint density at radius 2 is 1.88 bits per heavy atom. The summed E-state index contributed by atoms with van der Waals surface area (Å²) in [6.07, 6.45) is 1.37. The lowest BCUT2D eigenvalue weighted by Crippen LogP contribution is -2.32. The molecule has 0 spiro atoms. The van der Waals surface area contributed by atoms with Gasteiger partial charge in [0.2, 0.25) is 0 Å². The first-order valence-corrected chi connectivity index (χ1v) is 7.85. The average Bonchev–Trinajstić information content (AvgIpc) is 2.65. The predicted molar refractivity (Wildman–Crippen MR) is 94.2 cm³/mol. The van der Waals surface area contributed by atoms with Crippen molar-refractivity contribution >= 4 is 35.1 Å². The second kappa shape index (κ2) is 9.38. The second-order valence-electron chi connectivity index (χ2n) is 4.98. The minimum Gasteiger partial charge on any atom is -0.497 e. The molecule has 2 aromatic rings. The summed E-state index contributed by atoms with van der Waals surface area (Å²) in [4.78, 5) is 39.0. The number of benzene rings is 1. The number of nitrogens with zero attached hydrogens (tertiary/aromatic N) is 1. The molecule has 0 fully saturated rings. The Hall–Kier alpha value is -3.13. The quantitative estimate of drug-likeness (QED) is 0.711. The number of rotatable bonds is 7. The summed E-state index contributed by atoms with van der Waals surface area (Å²) in [5, 5.41) is 5.24. The van der Waals surface area contributed by atoms with E-state index in [1.54, 1.807) is 24.3 Å². The van der Waals surface area contributed by atoms with E-state index in [9.17, 15) is 14.4 Å². The van der Waals surface area contributed by atoms with Gasteiger partial charge in [0.15, 0.2) is 6.61 Å². The fraction of sp³-hybridized carbons (Fsp3) is 0.176. The molecule has 0 radical (unpaired) electrons. The van der Waals surface area contributed by atoms with Crippen LogP contribution in [0.1, 0.15) is 10.5 Å². The van der Waals surface area contributed by atoms with Gasteiger partial charge in [0, 0.05) is 16.9 Å². The van der Waals surface area contributed by atoms with E-state index in [2.05, 4.69) is 15.6 Å². The molecule has 26 heavy (non-hydrogen) atoms. The number of anilines is 1. The van der Waals surface area contributed by atoms with Crippen molar-refractivity contribution < 1.29 is 23.9 Å². The zero-order chi connectivity index (χ0) is 18.9. The lowest BCUT2D eigenvalue weighted by Gasteiger charge is -2.08. The second-order valence-corrected chi connectivity index (χ2v) is 5.42. The summed E-state index contributed by atoms with van der Waals surface area (Å²) in [6, 6.07) is 9.55. The third-order valence-corrected chi connectivity index (χ3v) is 3.32. The number of halogens is 1. The van der Waals surface area contributed by atoms with Crippen molar-refractivity contribution in [3.8, 4) is 5.75 Å². The number of esters is 1. The van der Waals surface area contributed by atoms with Crippen LogP contribution in [0.25, 0.3) is 0 Å². The highest BCUT2D eigenvalue weighted by Gasteiger charge is 2.12. The molecule has 2 N–H and O–H groups in total. The first-order valence-electron chi connectivity index (χ1n) is 7.47. The largest absolute Gasteiger partial charge is 0.497 e. The molecule has 0 unspecified atom stereocenters. The molecule has 0 aliphatic carbocycles. The number of pyridine rings is 1. The molecule has 2 amide bonds. The van der Waals surface area contributed by atoms with Crippen LogP contribution in [-0.4, -0.2) is 43.0 Å². The van der Waals surface area contributed by atoms with Gasteiger partial charge in [-0.05, 0) is 36.4 Å². The number of nitrogens with one attached hydrogen (secondary N) is 2. The van der Waals surface area contributed by atoms with Crippen molar-refractivity contribution in [2.24, 2.45) is 0 Å². The third-order valence-electron chi connectivity index (χ3n) is 3.09. The fourth-order valence-electron chi connectivity index (χ4n) is 1.84. The molecule has 0 saturated carbocycles. The van der Waals surface area contributed by atoms with Gasteiger partial charge in [-0.2, -0.15) is 0 Å². The highest BCUT2D eigenvalue weighted by atomic mass is 35.5. The molecule has 0 saturated heterocycles. The predicted octanol–water partition coefficient (Wildman–Crippen LogP) is 1.66. The molecule has 8 nitrogen and oxygen atoms in total. The number of aromatic nitrogens is 1. The number of methoxy groups -OCH3 is 1. The van der Waals surface area contributed by atoms with Crippen LogP contribution in [0.2, 0.25) is 5.02 Å². The van der Waals surface area contributed by atoms with E-state index in [-0.39, 0.29) is 5.69 Å². The van der Waals surface area contributed by atoms with Gasteiger partial charge in [-0.15, -0.1) is 0 Å². The molecule has 0 aliphatic heterocycles. The average molecular weight is 378 g/mol. The number of hydrogen-bond acceptors (Lipinski definition) is 6. The molecule has 136 valence electrons. The molecular weight excluding hydrogens is 362 g/mol. The third kappa shape index (κ3) is 6.06. The van der Waals surface area contributed by atoms with E-state index >= 15 is 0 Å². The van der Waals surface area contributed by atoms with Crippen molar-refractivity contribution in [2.45, 2.75) is 0 Å². The first kappa shape index (κ1) is 19.2. The van der Waals surface area contributed by atoms with Crippen LogP contribution in [0.4, 0.5) is 5.69 Å². The SMILES string of the molecule is COc1ccc(NC(=O)COC(=O)CNC(=O)c2cc(Cl)ccn2)cc1. The molecule has 1 aromatic carbocycles. The molecule has 0 bridgehead atoms. The van der Waals surface area contributed by atoms with Crippen molar-refractivity contribution in [3.05, 3.63) is 53.3 Å². The Labute approximate surface area is 154 Å². The number of carbonyl (C=O) groups is 3. The number of carbonyl (C=O) groups excluding carboxylic acids is 3. The van der Waals surface area contributed by atoms with Crippen molar-refractivity contribution in [1.29, 1.82) is 0 Å². The van der Waals surface area contributed by atoms with Gasteiger partial charge in [-0.1, -0.05) is 11.6 Å². The summed E-state index contributed by atoms with van der Waals surface area (Å²) < 4.78 is 9.80. The van der Waals surface area contributed by atoms with Gasteiger partial charge >= 0.3 is 5.97 Å². The standard InChI is InChI=1S/C17H16ClN3O5/c1-25-13-4-2-12(3-5-13)21-15(22)10-26-16(23)9-20-17(24)14-8-11(18)6-7-19-14/h2-8H,9-10H2,1H3,(H,20,24)(H,21,22). The summed E-state index contributed by atoms with van der Waals surface area (Å²) >= 11 is 5.76. The number of ether oxygens (including phenoxy) is 2. The molecule has 2 rings (SSSR count). The lowest BCUT2D eigenvalue weighted by atomic mass is 10.3. The van der Waals surface area contributed by atoms with Crippen molar-refractivity contribution in [1.82, 2.24) is 10.3 Å². The zero-order valence-corrected chi connectivity index (χ0v) is 14.6. The van der Waals surface area contributed by atoms with E-state index in [1.807, 2.05) is 0 Å². The smallest absolute Gasteiger partial charge is 0.325 e. The number of amides is 2. The maximum Gasteiger partial charge on any atom is 0.325 e. The zero-order valence-electron chi connectivity index (χ0n) is 13.8. The summed E-state index contributed by atoms with van der Waals surface area (Å²) in [7, 11) is 1.54. The summed E-state index contributed by atoms with van der Waals surface area (Å²) in [5.74, 6) is -1.19. The van der Waals surface area contributed by atoms with Gasteiger partial charge in [0.25, 0.3) is 11.8 Å². The molecule has 1 aromatic heterocycles. The molecule has 0 atom stereocenters. The Morgan fingerprint density at radius 1 is 1.15 bits per heavy atom. The minimum absolute atomic E-state index is 0.0718. The van der Waals surface area contributed by atoms with Crippen LogP contribution < -0.4 is 15.4 Å². The van der Waals surface area contributed by atoms with Gasteiger partial charge in [-0.3, -0.25) is 19.4 Å². The monoisotopic (exact) mass is 377 g/mol. The highest BCUT2D eigenvalue weighted by Crippen LogP contribution is 2.14. The van der Waals surface area contributed by atoms with Gasteiger partial charge in [-0.25, -0.2) is 0 Å². The van der Waals surface area contributed by atoms with E-state index in [0.717, 1.165) is 0 Å². The van der Waals surface area contributed by atoms with Crippen LogP contribution in [0, 0.1) is 0 Å². The fourth-order valence-corrected chi connectivity index (χ4v) is 2.00. The van der Waals surface area contributed by atoms with Crippen LogP contribution in [0.15, 0.2) is 42.6 Å². The normalized spacial score (nSPS) is 9.92. The Balaban J connectivity index is 1.72. The van der Waals surface area contributed by atoms with Gasteiger partial charge < -0.3 is 20.1 Å². The van der Waals surface area contributed by atoms with Crippen molar-refractivity contribution in [2.75, 3.05) is 25.6 Å². The maximum atomic E-state index is 11.8. The van der Waals surface area contributed by atoms with Gasteiger partial charge in [0.05, 0.1) is 7.11 Å². The summed E-state index contributed by atoms with van der Waals surface area (Å²) in [6.45, 7) is -0.876. The van der Waals surface area contributed by atoms with E-state index in [0.29, 0.717) is 16.5 Å². The number of hydrogen-bond donors (Lipinski definition) is 2. The molecule has 0 aliphatic rings. The Morgan fingerprint density at radius 3 is 2.54 bits per heavy atom. The Bertz CT molecular complexity index is 795. The van der Waals surface area contributed by atoms with Crippen LogP contribution in [0.5, 0.6) is 5.75 Å². The van der Waals surface area contributed by atoms with E-state index in [4.69, 9.17) is 21.1 Å². The van der Waals surface area contributed by atoms with Gasteiger partial charge in [0.1, 0.15) is 18.0 Å². The lowest BCUT2D eigenvalue weighted by molar-refractivity contribution is -0.146. The van der Waals surface area contributed by atoms with Crippen LogP contribution in [0.3, 0.4) is 0 Å². The van der Waals surface area contributed by atoms with Crippen LogP contribution >= 0.6 is 11.6 Å². The molecular formula is C17H16ClN3O5. The topological polar surface area (TPSA) is 107 Å².